The van der Waals surface area contributed by atoms with Crippen molar-refractivity contribution in [2.75, 3.05) is 13.7 Å². The van der Waals surface area contributed by atoms with Gasteiger partial charge in [-0.25, -0.2) is 14.4 Å². The Morgan fingerprint density at radius 2 is 1.69 bits per heavy atom. The van der Waals surface area contributed by atoms with E-state index in [4.69, 9.17) is 37.8 Å². The van der Waals surface area contributed by atoms with Crippen LogP contribution in [0.4, 0.5) is 0 Å². The molecule has 344 valence electrons. The van der Waals surface area contributed by atoms with Gasteiger partial charge in [0.25, 0.3) is 5.69 Å². The average molecular weight is 901 g/mol. The smallest absolute Gasteiger partial charge is 0.348 e. The Morgan fingerprint density at radius 3 is 2.38 bits per heavy atom. The third kappa shape index (κ3) is 7.54. The van der Waals surface area contributed by atoms with Crippen molar-refractivity contribution in [3.8, 4) is 17.0 Å². The molecule has 2 saturated carbocycles. The monoisotopic (exact) mass is 900 g/mol. The minimum atomic E-state index is -2.33. The van der Waals surface area contributed by atoms with Crippen molar-refractivity contribution in [1.29, 1.82) is 0 Å². The number of methoxy groups -OCH3 is 1. The molecule has 4 fully saturated rings. The summed E-state index contributed by atoms with van der Waals surface area (Å²) in [5, 5.41) is 39.9. The van der Waals surface area contributed by atoms with E-state index < -0.39 is 101 Å². The molecule has 19 heteroatoms. The van der Waals surface area contributed by atoms with Crippen molar-refractivity contribution < 1.29 is 81.7 Å². The summed E-state index contributed by atoms with van der Waals surface area (Å²) in [6, 6.07) is 15.6. The first kappa shape index (κ1) is 45.1. The maximum atomic E-state index is 14.0. The van der Waals surface area contributed by atoms with Gasteiger partial charge in [-0.3, -0.25) is 19.0 Å². The molecular formula is C46H48N2O17. The van der Waals surface area contributed by atoms with Gasteiger partial charge in [-0.05, 0) is 66.7 Å². The highest BCUT2D eigenvalue weighted by Crippen LogP contribution is 2.73. The van der Waals surface area contributed by atoms with Crippen LogP contribution in [0.15, 0.2) is 82.2 Å². The standard InChI is InChI=1S/C46H48N2O17/c1-23(2)17-34(52)64-38-40-45-22-61-46(40,43(56)58-5)41(54)36(53)39(45)44(4)19-30(49)37(24(3)28(44)18-31(45)62-42(38)55)63-33(51)16-15-32(50)60-20-25-11-13-27(14-12-25)59-21-29-35(47-65-48(29)57)26-9-7-6-8-10-26/h6-14,17,28,31,36,38-41,53-54H,15-16,18-22H2,1-5H3/t28-,31+,36+,38+,39+,40+,41-,44-,45+,46+/m0/s1. The lowest BCUT2D eigenvalue weighted by Gasteiger charge is -2.67. The number of carbonyl (C=O) groups is 6. The molecule has 10 atom stereocenters. The van der Waals surface area contributed by atoms with Gasteiger partial charge in [0, 0.05) is 34.5 Å². The van der Waals surface area contributed by atoms with Crippen molar-refractivity contribution in [3.05, 3.63) is 94.0 Å². The third-order valence-corrected chi connectivity index (χ3v) is 13.7. The normalized spacial score (nSPS) is 30.8. The summed E-state index contributed by atoms with van der Waals surface area (Å²) in [4.78, 5) is 80.7. The maximum absolute atomic E-state index is 14.0. The molecule has 19 nitrogen and oxygen atoms in total. The topological polar surface area (TPSA) is 260 Å². The lowest BCUT2D eigenvalue weighted by molar-refractivity contribution is -0.808. The highest BCUT2D eigenvalue weighted by molar-refractivity contribution is 5.98. The molecule has 1 spiro atoms. The van der Waals surface area contributed by atoms with Crippen LogP contribution >= 0.6 is 0 Å². The number of hydrogen-bond donors (Lipinski definition) is 2. The first-order chi connectivity index (χ1) is 31.0. The van der Waals surface area contributed by atoms with E-state index >= 15 is 0 Å². The zero-order valence-corrected chi connectivity index (χ0v) is 36.2. The molecule has 2 N–H and O–H groups in total. The minimum Gasteiger partial charge on any atom is -0.485 e. The Bertz CT molecular complexity index is 2480. The van der Waals surface area contributed by atoms with Gasteiger partial charge in [0.05, 0.1) is 38.6 Å². The molecule has 2 saturated heterocycles. The lowest BCUT2D eigenvalue weighted by atomic mass is 9.38. The SMILES string of the molecule is COC(=O)[C@]12OC[C@]34[C@H]([C@@H](O)[C@@H]1O)[C@@]1(C)CC(=O)C(OC(=O)CCC(=O)OCc5ccc(OCc6c(-c7ccccc7)no[n+]6[O-])cc5)=C(C)[C@@H]1C[C@H]3OC(=O)[C@H](OC(=O)C=C(C)C)[C@@H]24. The first-order valence-corrected chi connectivity index (χ1v) is 21.1. The van der Waals surface area contributed by atoms with Crippen LogP contribution in [0.1, 0.15) is 64.6 Å². The van der Waals surface area contributed by atoms with Crippen LogP contribution < -0.4 is 9.64 Å². The molecule has 0 amide bonds. The molecule has 0 unspecified atom stereocenters. The van der Waals surface area contributed by atoms with Crippen LogP contribution in [-0.2, 0) is 70.4 Å². The van der Waals surface area contributed by atoms with Gasteiger partial charge in [-0.1, -0.05) is 55.0 Å². The number of ketones is 1. The quantitative estimate of drug-likeness (QED) is 0.108. The number of allylic oxidation sites excluding steroid dienone is 3. The second-order valence-electron chi connectivity index (χ2n) is 17.6. The number of esters is 5. The van der Waals surface area contributed by atoms with Gasteiger partial charge in [0.2, 0.25) is 17.4 Å². The van der Waals surface area contributed by atoms with E-state index in [1.807, 2.05) is 6.07 Å². The molecule has 1 aromatic heterocycles. The van der Waals surface area contributed by atoms with Crippen LogP contribution in [0.5, 0.6) is 5.75 Å². The van der Waals surface area contributed by atoms with Gasteiger partial charge in [0.15, 0.2) is 18.1 Å². The zero-order chi connectivity index (χ0) is 46.6. The fourth-order valence-electron chi connectivity index (χ4n) is 11.0. The Kier molecular flexibility index (Phi) is 11.9. The fourth-order valence-corrected chi connectivity index (χ4v) is 11.0. The average Bonchev–Trinajstić information content (AvgIpc) is 3.80. The molecule has 8 rings (SSSR count). The van der Waals surface area contributed by atoms with E-state index in [0.717, 1.165) is 13.2 Å². The number of fused-ring (bicyclic) bond motifs is 2. The Balaban J connectivity index is 0.920. The lowest BCUT2D eigenvalue weighted by Crippen LogP contribution is -2.79. The summed E-state index contributed by atoms with van der Waals surface area (Å²) in [6.45, 7) is 6.05. The molecule has 0 radical (unpaired) electrons. The van der Waals surface area contributed by atoms with Crippen LogP contribution in [0.25, 0.3) is 11.3 Å². The predicted molar refractivity (Wildman–Crippen MR) is 217 cm³/mol. The number of aromatic nitrogens is 2. The second kappa shape index (κ2) is 17.2. The number of benzene rings is 2. The summed E-state index contributed by atoms with van der Waals surface area (Å²) in [6.07, 6.45) is -6.44. The van der Waals surface area contributed by atoms with Crippen molar-refractivity contribution in [3.63, 3.8) is 0 Å². The molecule has 3 aliphatic carbocycles. The number of rotatable bonds is 13. The van der Waals surface area contributed by atoms with E-state index in [1.165, 1.54) is 0 Å². The van der Waals surface area contributed by atoms with Crippen molar-refractivity contribution in [2.45, 2.75) is 96.6 Å². The van der Waals surface area contributed by atoms with Gasteiger partial charge < -0.3 is 48.6 Å². The summed E-state index contributed by atoms with van der Waals surface area (Å²) < 4.78 is 44.4. The van der Waals surface area contributed by atoms with Crippen LogP contribution in [0.3, 0.4) is 0 Å². The van der Waals surface area contributed by atoms with Crippen molar-refractivity contribution in [2.24, 2.45) is 28.6 Å². The largest absolute Gasteiger partial charge is 0.485 e. The zero-order valence-electron chi connectivity index (χ0n) is 36.2. The molecule has 5 aliphatic rings. The van der Waals surface area contributed by atoms with E-state index in [9.17, 15) is 44.2 Å². The molecule has 65 heavy (non-hydrogen) atoms. The number of hydrogen-bond acceptors (Lipinski definition) is 18. The Hall–Kier alpha value is -6.44. The summed E-state index contributed by atoms with van der Waals surface area (Å²) in [5.74, 6) is -8.12. The fraction of sp³-hybridized carbons (Fsp3) is 0.478. The molecule has 3 heterocycles. The number of carbonyl (C=O) groups excluding carboxylic acids is 6. The molecule has 2 aliphatic heterocycles. The first-order valence-electron chi connectivity index (χ1n) is 21.1. The van der Waals surface area contributed by atoms with Crippen LogP contribution in [-0.4, -0.2) is 94.7 Å². The molecule has 3 aromatic rings. The number of ether oxygens (including phenoxy) is 7. The van der Waals surface area contributed by atoms with Crippen molar-refractivity contribution in [1.82, 2.24) is 5.16 Å². The molecular weight excluding hydrogens is 853 g/mol. The number of nitrogens with zero attached hydrogens (tertiary/aromatic N) is 2. The van der Waals surface area contributed by atoms with Gasteiger partial charge in [0.1, 0.15) is 24.6 Å². The van der Waals surface area contributed by atoms with E-state index in [2.05, 4.69) is 5.16 Å². The molecule has 2 aromatic carbocycles. The van der Waals surface area contributed by atoms with Gasteiger partial charge in [-0.2, -0.15) is 0 Å². The minimum absolute atomic E-state index is 0.0318. The summed E-state index contributed by atoms with van der Waals surface area (Å²) in [7, 11) is 1.06. The number of aliphatic hydroxyl groups excluding tert-OH is 2. The van der Waals surface area contributed by atoms with E-state index in [-0.39, 0.29) is 55.4 Å². The maximum Gasteiger partial charge on any atom is 0.348 e. The second-order valence-corrected chi connectivity index (χ2v) is 17.6. The van der Waals surface area contributed by atoms with Crippen molar-refractivity contribution >= 4 is 35.6 Å². The number of Topliss-reactive ketones (excluding diaryl/α,β-unsaturated/α-hetero) is 1. The highest BCUT2D eigenvalue weighted by Gasteiger charge is 2.85. The van der Waals surface area contributed by atoms with E-state index in [1.54, 1.807) is 76.2 Å². The predicted octanol–water partition coefficient (Wildman–Crippen LogP) is 2.89. The molecule has 2 bridgehead atoms. The van der Waals surface area contributed by atoms with Gasteiger partial charge in [-0.15, -0.1) is 0 Å². The number of aliphatic hydroxyl groups is 2. The summed E-state index contributed by atoms with van der Waals surface area (Å²) in [5.41, 5.74) is -2.26. The van der Waals surface area contributed by atoms with Crippen LogP contribution in [0, 0.1) is 33.8 Å². The van der Waals surface area contributed by atoms with E-state index in [0.29, 0.717) is 33.7 Å². The third-order valence-electron chi connectivity index (χ3n) is 13.7. The Labute approximate surface area is 371 Å². The highest BCUT2D eigenvalue weighted by atomic mass is 16.8. The summed E-state index contributed by atoms with van der Waals surface area (Å²) >= 11 is 0. The van der Waals surface area contributed by atoms with Crippen LogP contribution in [0.2, 0.25) is 0 Å². The van der Waals surface area contributed by atoms with Gasteiger partial charge >= 0.3 is 29.8 Å². The Morgan fingerprint density at radius 1 is 0.985 bits per heavy atom.